The van der Waals surface area contributed by atoms with Crippen LogP contribution in [0.4, 0.5) is 0 Å². The van der Waals surface area contributed by atoms with Gasteiger partial charge in [0.2, 0.25) is 10.0 Å². The topological polar surface area (TPSA) is 84.5 Å². The molecular weight excluding hydrogens is 352 g/mol. The smallest absolute Gasteiger partial charge is 0.260 e. The second-order valence-corrected chi connectivity index (χ2v) is 8.72. The normalized spacial score (nSPS) is 18.1. The lowest BCUT2D eigenvalue weighted by atomic mass is 9.95. The molecule has 1 aromatic rings. The van der Waals surface area contributed by atoms with Crippen LogP contribution in [0.25, 0.3) is 0 Å². The Morgan fingerprint density at radius 3 is 2.35 bits per heavy atom. The van der Waals surface area contributed by atoms with E-state index in [0.29, 0.717) is 12.2 Å². The van der Waals surface area contributed by atoms with Gasteiger partial charge in [-0.15, -0.1) is 0 Å². The molecule has 0 bridgehead atoms. The number of ether oxygens (including phenoxy) is 1. The third kappa shape index (κ3) is 5.99. The summed E-state index contributed by atoms with van der Waals surface area (Å²) < 4.78 is 32.8. The summed E-state index contributed by atoms with van der Waals surface area (Å²) in [7, 11) is -3.54. The van der Waals surface area contributed by atoms with Crippen LogP contribution < -0.4 is 14.8 Å². The second-order valence-electron chi connectivity index (χ2n) is 7.01. The number of amides is 1. The van der Waals surface area contributed by atoms with Gasteiger partial charge in [0.05, 0.1) is 4.90 Å². The number of hydrogen-bond acceptors (Lipinski definition) is 4. The minimum absolute atomic E-state index is 0.126. The average Bonchev–Trinajstić information content (AvgIpc) is 2.62. The van der Waals surface area contributed by atoms with Crippen LogP contribution >= 0.6 is 0 Å². The number of hydrogen-bond donors (Lipinski definition) is 2. The lowest BCUT2D eigenvalue weighted by Gasteiger charge is -2.24. The third-order valence-electron chi connectivity index (χ3n) is 4.74. The summed E-state index contributed by atoms with van der Waals surface area (Å²) in [4.78, 5) is 12.4. The number of carbonyl (C=O) groups is 1. The summed E-state index contributed by atoms with van der Waals surface area (Å²) in [5.74, 6) is 0.339. The highest BCUT2D eigenvalue weighted by Crippen LogP contribution is 2.19. The summed E-state index contributed by atoms with van der Waals surface area (Å²) >= 11 is 0. The predicted octanol–water partition coefficient (Wildman–Crippen LogP) is 2.98. The van der Waals surface area contributed by atoms with Crippen molar-refractivity contribution in [1.82, 2.24) is 10.0 Å². The summed E-state index contributed by atoms with van der Waals surface area (Å²) in [6, 6.07) is 6.25. The zero-order chi connectivity index (χ0) is 19.2. The van der Waals surface area contributed by atoms with Gasteiger partial charge in [-0.05, 0) is 57.4 Å². The van der Waals surface area contributed by atoms with Crippen molar-refractivity contribution in [2.24, 2.45) is 0 Å². The molecule has 1 aromatic carbocycles. The predicted molar refractivity (Wildman–Crippen MR) is 102 cm³/mol. The molecule has 0 aliphatic heterocycles. The summed E-state index contributed by atoms with van der Waals surface area (Å²) in [5, 5.41) is 3.03. The number of rotatable bonds is 8. The molecule has 2 rings (SSSR count). The van der Waals surface area contributed by atoms with Crippen LogP contribution in [0.2, 0.25) is 0 Å². The number of carbonyl (C=O) groups excluding carboxylic acids is 1. The van der Waals surface area contributed by atoms with E-state index in [-0.39, 0.29) is 22.9 Å². The Labute approximate surface area is 156 Å². The zero-order valence-electron chi connectivity index (χ0n) is 15.8. The molecular formula is C19H30N2O4S. The number of nitrogens with one attached hydrogen (secondary N) is 2. The SMILES string of the molecule is CC[C@@H](C)NS(=O)(=O)c1ccc(O[C@@H](C)C(=O)NC2CCCCC2)cc1. The van der Waals surface area contributed by atoms with Crippen molar-refractivity contribution >= 4 is 15.9 Å². The van der Waals surface area contributed by atoms with Crippen LogP contribution in [-0.2, 0) is 14.8 Å². The Bertz CT molecular complexity index is 682. The highest BCUT2D eigenvalue weighted by molar-refractivity contribution is 7.89. The van der Waals surface area contributed by atoms with E-state index in [0.717, 1.165) is 25.7 Å². The van der Waals surface area contributed by atoms with Crippen molar-refractivity contribution in [1.29, 1.82) is 0 Å². The zero-order valence-corrected chi connectivity index (χ0v) is 16.6. The molecule has 6 nitrogen and oxygen atoms in total. The maximum atomic E-state index is 12.3. The van der Waals surface area contributed by atoms with Crippen molar-refractivity contribution in [2.45, 2.75) is 82.4 Å². The fraction of sp³-hybridized carbons (Fsp3) is 0.632. The van der Waals surface area contributed by atoms with E-state index in [1.165, 1.54) is 18.6 Å². The van der Waals surface area contributed by atoms with Gasteiger partial charge in [0.1, 0.15) is 5.75 Å². The Balaban J connectivity index is 1.92. The molecule has 1 fully saturated rings. The second kappa shape index (κ2) is 9.37. The Morgan fingerprint density at radius 2 is 1.77 bits per heavy atom. The van der Waals surface area contributed by atoms with E-state index in [2.05, 4.69) is 10.0 Å². The van der Waals surface area contributed by atoms with Crippen molar-refractivity contribution < 1.29 is 17.9 Å². The summed E-state index contributed by atoms with van der Waals surface area (Å²) in [6.07, 6.45) is 5.68. The molecule has 2 N–H and O–H groups in total. The monoisotopic (exact) mass is 382 g/mol. The highest BCUT2D eigenvalue weighted by Gasteiger charge is 2.21. The minimum Gasteiger partial charge on any atom is -0.481 e. The molecule has 0 heterocycles. The summed E-state index contributed by atoms with van der Waals surface area (Å²) in [6.45, 7) is 5.44. The van der Waals surface area contributed by atoms with Gasteiger partial charge in [-0.1, -0.05) is 26.2 Å². The fourth-order valence-electron chi connectivity index (χ4n) is 2.94. The first-order chi connectivity index (χ1) is 12.3. The van der Waals surface area contributed by atoms with Gasteiger partial charge in [0, 0.05) is 12.1 Å². The third-order valence-corrected chi connectivity index (χ3v) is 6.34. The van der Waals surface area contributed by atoms with Crippen molar-refractivity contribution in [3.8, 4) is 5.75 Å². The van der Waals surface area contributed by atoms with E-state index < -0.39 is 16.1 Å². The molecule has 0 radical (unpaired) electrons. The van der Waals surface area contributed by atoms with E-state index in [1.807, 2.05) is 13.8 Å². The Kier molecular flexibility index (Phi) is 7.46. The van der Waals surface area contributed by atoms with Gasteiger partial charge in [-0.3, -0.25) is 4.79 Å². The molecule has 0 saturated heterocycles. The molecule has 0 spiro atoms. The average molecular weight is 383 g/mol. The molecule has 7 heteroatoms. The maximum Gasteiger partial charge on any atom is 0.260 e. The first-order valence-electron chi connectivity index (χ1n) is 9.41. The number of sulfonamides is 1. The van der Waals surface area contributed by atoms with E-state index in [4.69, 9.17) is 4.74 Å². The molecule has 146 valence electrons. The van der Waals surface area contributed by atoms with Gasteiger partial charge in [-0.25, -0.2) is 13.1 Å². The first-order valence-corrected chi connectivity index (χ1v) is 10.9. The van der Waals surface area contributed by atoms with Crippen LogP contribution in [0.15, 0.2) is 29.2 Å². The van der Waals surface area contributed by atoms with Crippen molar-refractivity contribution in [3.63, 3.8) is 0 Å². The maximum absolute atomic E-state index is 12.3. The minimum atomic E-state index is -3.54. The molecule has 1 aliphatic carbocycles. The van der Waals surface area contributed by atoms with Gasteiger partial charge in [-0.2, -0.15) is 0 Å². The van der Waals surface area contributed by atoms with E-state index in [9.17, 15) is 13.2 Å². The van der Waals surface area contributed by atoms with Gasteiger partial charge < -0.3 is 10.1 Å². The first kappa shape index (κ1) is 20.7. The van der Waals surface area contributed by atoms with Gasteiger partial charge in [0.25, 0.3) is 5.91 Å². The van der Waals surface area contributed by atoms with E-state index >= 15 is 0 Å². The van der Waals surface area contributed by atoms with Crippen molar-refractivity contribution in [2.75, 3.05) is 0 Å². The molecule has 0 aromatic heterocycles. The molecule has 1 aliphatic rings. The van der Waals surface area contributed by atoms with Crippen LogP contribution in [0.5, 0.6) is 5.75 Å². The molecule has 2 atom stereocenters. The Hall–Kier alpha value is -1.60. The van der Waals surface area contributed by atoms with Gasteiger partial charge in [0.15, 0.2) is 6.10 Å². The molecule has 26 heavy (non-hydrogen) atoms. The Morgan fingerprint density at radius 1 is 1.15 bits per heavy atom. The standard InChI is InChI=1S/C19H30N2O4S/c1-4-14(2)21-26(23,24)18-12-10-17(11-13-18)25-15(3)19(22)20-16-8-6-5-7-9-16/h10-16,21H,4-9H2,1-3H3,(H,20,22)/t14-,15+/m1/s1. The summed E-state index contributed by atoms with van der Waals surface area (Å²) in [5.41, 5.74) is 0. The van der Waals surface area contributed by atoms with Crippen LogP contribution in [0, 0.1) is 0 Å². The fourth-order valence-corrected chi connectivity index (χ4v) is 4.26. The lowest BCUT2D eigenvalue weighted by molar-refractivity contribution is -0.128. The highest BCUT2D eigenvalue weighted by atomic mass is 32.2. The van der Waals surface area contributed by atoms with Gasteiger partial charge >= 0.3 is 0 Å². The lowest BCUT2D eigenvalue weighted by Crippen LogP contribution is -2.43. The number of benzene rings is 1. The quantitative estimate of drug-likeness (QED) is 0.724. The molecule has 0 unspecified atom stereocenters. The van der Waals surface area contributed by atoms with Crippen molar-refractivity contribution in [3.05, 3.63) is 24.3 Å². The van der Waals surface area contributed by atoms with Crippen LogP contribution in [-0.4, -0.2) is 32.5 Å². The van der Waals surface area contributed by atoms with E-state index in [1.54, 1.807) is 19.1 Å². The molecule has 1 saturated carbocycles. The van der Waals surface area contributed by atoms with Crippen LogP contribution in [0.3, 0.4) is 0 Å². The molecule has 1 amide bonds. The van der Waals surface area contributed by atoms with Crippen LogP contribution in [0.1, 0.15) is 59.3 Å². The largest absolute Gasteiger partial charge is 0.481 e.